The van der Waals surface area contributed by atoms with Gasteiger partial charge in [-0.2, -0.15) is 0 Å². The summed E-state index contributed by atoms with van der Waals surface area (Å²) in [6.45, 7) is -0.0543. The first kappa shape index (κ1) is 11.4. The Morgan fingerprint density at radius 3 is 2.64 bits per heavy atom. The van der Waals surface area contributed by atoms with E-state index in [0.29, 0.717) is 12.0 Å². The standard InChI is InChI=1S/C9H11BrFNO2/c10-6-3-5(8(12)1-2-13)4-7(11)9(6)14/h3-4,8,13-14H,1-2,12H2. The Morgan fingerprint density at radius 2 is 2.14 bits per heavy atom. The molecule has 1 rings (SSSR count). The van der Waals surface area contributed by atoms with Crippen LogP contribution in [0.4, 0.5) is 4.39 Å². The number of aliphatic hydroxyl groups excluding tert-OH is 1. The summed E-state index contributed by atoms with van der Waals surface area (Å²) < 4.78 is 13.3. The van der Waals surface area contributed by atoms with E-state index in [0.717, 1.165) is 0 Å². The molecule has 78 valence electrons. The van der Waals surface area contributed by atoms with Crippen molar-refractivity contribution in [3.8, 4) is 5.75 Å². The van der Waals surface area contributed by atoms with E-state index in [-0.39, 0.29) is 11.1 Å². The van der Waals surface area contributed by atoms with Crippen molar-refractivity contribution in [1.29, 1.82) is 0 Å². The third kappa shape index (κ3) is 2.43. The zero-order valence-corrected chi connectivity index (χ0v) is 8.96. The monoisotopic (exact) mass is 263 g/mol. The fraction of sp³-hybridized carbons (Fsp3) is 0.333. The minimum absolute atomic E-state index is 0.0543. The van der Waals surface area contributed by atoms with Crippen LogP contribution >= 0.6 is 15.9 Å². The van der Waals surface area contributed by atoms with Crippen molar-refractivity contribution in [3.05, 3.63) is 28.0 Å². The molecule has 0 amide bonds. The van der Waals surface area contributed by atoms with Gasteiger partial charge in [0.25, 0.3) is 0 Å². The molecule has 1 atom stereocenters. The van der Waals surface area contributed by atoms with Crippen LogP contribution in [0.3, 0.4) is 0 Å². The lowest BCUT2D eigenvalue weighted by Crippen LogP contribution is -2.12. The summed E-state index contributed by atoms with van der Waals surface area (Å²) in [6.07, 6.45) is 0.358. The molecular formula is C9H11BrFNO2. The van der Waals surface area contributed by atoms with Crippen molar-refractivity contribution in [2.75, 3.05) is 6.61 Å². The molecule has 0 aliphatic heterocycles. The Bertz CT molecular complexity index is 310. The third-order valence-electron chi connectivity index (χ3n) is 1.91. The lowest BCUT2D eigenvalue weighted by molar-refractivity contribution is 0.276. The number of nitrogens with two attached hydrogens (primary N) is 1. The van der Waals surface area contributed by atoms with Gasteiger partial charge in [0, 0.05) is 12.6 Å². The van der Waals surface area contributed by atoms with Crippen LogP contribution in [-0.2, 0) is 0 Å². The van der Waals surface area contributed by atoms with Crippen LogP contribution in [0.25, 0.3) is 0 Å². The van der Waals surface area contributed by atoms with Crippen molar-refractivity contribution >= 4 is 15.9 Å². The quantitative estimate of drug-likeness (QED) is 0.778. The van der Waals surface area contributed by atoms with Crippen LogP contribution in [0, 0.1) is 5.82 Å². The first-order chi connectivity index (χ1) is 6.56. The summed E-state index contributed by atoms with van der Waals surface area (Å²) in [5.74, 6) is -1.15. The zero-order valence-electron chi connectivity index (χ0n) is 7.37. The topological polar surface area (TPSA) is 66.5 Å². The molecule has 5 heteroatoms. The second-order valence-corrected chi connectivity index (χ2v) is 3.81. The molecule has 4 N–H and O–H groups in total. The molecule has 0 saturated heterocycles. The molecule has 14 heavy (non-hydrogen) atoms. The van der Waals surface area contributed by atoms with Crippen molar-refractivity contribution in [2.24, 2.45) is 5.73 Å². The average molecular weight is 264 g/mol. The molecule has 0 aliphatic carbocycles. The smallest absolute Gasteiger partial charge is 0.166 e. The SMILES string of the molecule is NC(CCO)c1cc(F)c(O)c(Br)c1. The highest BCUT2D eigenvalue weighted by molar-refractivity contribution is 9.10. The van der Waals surface area contributed by atoms with E-state index in [4.69, 9.17) is 15.9 Å². The zero-order chi connectivity index (χ0) is 10.7. The highest BCUT2D eigenvalue weighted by atomic mass is 79.9. The predicted octanol–water partition coefficient (Wildman–Crippen LogP) is 1.68. The number of rotatable bonds is 3. The largest absolute Gasteiger partial charge is 0.504 e. The summed E-state index contributed by atoms with van der Waals surface area (Å²) in [6, 6.07) is 2.28. The number of aliphatic hydroxyl groups is 1. The number of phenols is 1. The third-order valence-corrected chi connectivity index (χ3v) is 2.51. The van der Waals surface area contributed by atoms with Gasteiger partial charge in [-0.15, -0.1) is 0 Å². The fourth-order valence-corrected chi connectivity index (χ4v) is 1.56. The molecule has 0 aliphatic rings. The lowest BCUT2D eigenvalue weighted by Gasteiger charge is -2.11. The molecule has 0 saturated carbocycles. The van der Waals surface area contributed by atoms with Crippen molar-refractivity contribution in [2.45, 2.75) is 12.5 Å². The number of hydrogen-bond acceptors (Lipinski definition) is 3. The number of phenolic OH excluding ortho intramolecular Hbond substituents is 1. The Hall–Kier alpha value is -0.650. The minimum Gasteiger partial charge on any atom is -0.504 e. The highest BCUT2D eigenvalue weighted by Gasteiger charge is 2.12. The van der Waals surface area contributed by atoms with E-state index in [1.807, 2.05) is 0 Å². The van der Waals surface area contributed by atoms with E-state index < -0.39 is 17.6 Å². The van der Waals surface area contributed by atoms with Crippen LogP contribution in [0.15, 0.2) is 16.6 Å². The van der Waals surface area contributed by atoms with Crippen LogP contribution in [-0.4, -0.2) is 16.8 Å². The van der Waals surface area contributed by atoms with Crippen LogP contribution < -0.4 is 5.73 Å². The maximum Gasteiger partial charge on any atom is 0.166 e. The van der Waals surface area contributed by atoms with Gasteiger partial charge in [-0.05, 0) is 40.0 Å². The van der Waals surface area contributed by atoms with Gasteiger partial charge < -0.3 is 15.9 Å². The first-order valence-electron chi connectivity index (χ1n) is 4.10. The van der Waals surface area contributed by atoms with Crippen molar-refractivity contribution in [1.82, 2.24) is 0 Å². The maximum atomic E-state index is 13.0. The summed E-state index contributed by atoms with van der Waals surface area (Å²) in [4.78, 5) is 0. The normalized spacial score (nSPS) is 12.9. The average Bonchev–Trinajstić information content (AvgIpc) is 2.13. The van der Waals surface area contributed by atoms with E-state index in [9.17, 15) is 4.39 Å². The van der Waals surface area contributed by atoms with Gasteiger partial charge in [0.1, 0.15) is 0 Å². The molecule has 1 aromatic carbocycles. The van der Waals surface area contributed by atoms with Gasteiger partial charge >= 0.3 is 0 Å². The molecule has 3 nitrogen and oxygen atoms in total. The Morgan fingerprint density at radius 1 is 1.50 bits per heavy atom. The second-order valence-electron chi connectivity index (χ2n) is 2.95. The van der Waals surface area contributed by atoms with Gasteiger partial charge in [0.15, 0.2) is 11.6 Å². The number of hydrogen-bond donors (Lipinski definition) is 3. The summed E-state index contributed by atoms with van der Waals surface area (Å²) >= 11 is 3.01. The maximum absolute atomic E-state index is 13.0. The highest BCUT2D eigenvalue weighted by Crippen LogP contribution is 2.30. The molecule has 0 bridgehead atoms. The summed E-state index contributed by atoms with van der Waals surface area (Å²) in [5.41, 5.74) is 6.21. The van der Waals surface area contributed by atoms with Crippen LogP contribution in [0.1, 0.15) is 18.0 Å². The number of halogens is 2. The number of aromatic hydroxyl groups is 1. The van der Waals surface area contributed by atoms with E-state index in [1.54, 1.807) is 6.07 Å². The fourth-order valence-electron chi connectivity index (χ4n) is 1.10. The van der Waals surface area contributed by atoms with E-state index in [2.05, 4.69) is 15.9 Å². The minimum atomic E-state index is -0.720. The molecular weight excluding hydrogens is 253 g/mol. The van der Waals surface area contributed by atoms with Gasteiger partial charge in [-0.25, -0.2) is 4.39 Å². The molecule has 1 unspecified atom stereocenters. The predicted molar refractivity (Wildman–Crippen MR) is 54.4 cm³/mol. The van der Waals surface area contributed by atoms with E-state index in [1.165, 1.54) is 6.07 Å². The van der Waals surface area contributed by atoms with Crippen LogP contribution in [0.5, 0.6) is 5.75 Å². The van der Waals surface area contributed by atoms with Crippen LogP contribution in [0.2, 0.25) is 0 Å². The second kappa shape index (κ2) is 4.72. The summed E-state index contributed by atoms with van der Waals surface area (Å²) in [5, 5.41) is 17.8. The van der Waals surface area contributed by atoms with Crippen molar-refractivity contribution in [3.63, 3.8) is 0 Å². The van der Waals surface area contributed by atoms with Gasteiger partial charge in [0.05, 0.1) is 4.47 Å². The molecule has 1 aromatic rings. The Labute approximate surface area is 89.5 Å². The Balaban J connectivity index is 3.00. The van der Waals surface area contributed by atoms with Gasteiger partial charge in [0.2, 0.25) is 0 Å². The molecule has 0 radical (unpaired) electrons. The van der Waals surface area contributed by atoms with Crippen molar-refractivity contribution < 1.29 is 14.6 Å². The number of benzene rings is 1. The van der Waals surface area contributed by atoms with E-state index >= 15 is 0 Å². The Kier molecular flexibility index (Phi) is 3.86. The first-order valence-corrected chi connectivity index (χ1v) is 4.90. The van der Waals surface area contributed by atoms with Gasteiger partial charge in [-0.1, -0.05) is 0 Å². The molecule has 0 heterocycles. The molecule has 0 aromatic heterocycles. The summed E-state index contributed by atoms with van der Waals surface area (Å²) in [7, 11) is 0. The molecule has 0 spiro atoms. The van der Waals surface area contributed by atoms with Gasteiger partial charge in [-0.3, -0.25) is 0 Å². The lowest BCUT2D eigenvalue weighted by atomic mass is 10.0. The molecule has 0 fully saturated rings.